The molecule has 1 aromatic rings. The number of morpholine rings is 1. The first kappa shape index (κ1) is 17.4. The second-order valence-electron chi connectivity index (χ2n) is 5.38. The standard InChI is InChI=1S/C15H19NO6S/c1-3-23(20,21)13-7-5-4-6-11(13)14(17)16-8-10(2)22-12(9-16)15(18)19/h4-7,10,12H,3,8-9H2,1-2H3,(H,18,19)/t10-,12?/m1/s1. The molecule has 1 unspecified atom stereocenters. The molecule has 7 nitrogen and oxygen atoms in total. The first-order valence-electron chi connectivity index (χ1n) is 7.25. The first-order chi connectivity index (χ1) is 10.8. The molecule has 2 rings (SSSR count). The molecule has 2 atom stereocenters. The van der Waals surface area contributed by atoms with Crippen LogP contribution >= 0.6 is 0 Å². The third-order valence-corrected chi connectivity index (χ3v) is 5.44. The summed E-state index contributed by atoms with van der Waals surface area (Å²) in [6, 6.07) is 5.98. The zero-order chi connectivity index (χ0) is 17.2. The number of carboxylic acids is 1. The lowest BCUT2D eigenvalue weighted by atomic mass is 10.1. The zero-order valence-corrected chi connectivity index (χ0v) is 13.7. The predicted molar refractivity (Wildman–Crippen MR) is 82.0 cm³/mol. The molecule has 0 radical (unpaired) electrons. The van der Waals surface area contributed by atoms with E-state index in [1.807, 2.05) is 0 Å². The van der Waals surface area contributed by atoms with Crippen LogP contribution in [0.4, 0.5) is 0 Å². The summed E-state index contributed by atoms with van der Waals surface area (Å²) in [6.45, 7) is 3.28. The lowest BCUT2D eigenvalue weighted by molar-refractivity contribution is -0.160. The third-order valence-electron chi connectivity index (χ3n) is 3.66. The van der Waals surface area contributed by atoms with E-state index in [0.717, 1.165) is 0 Å². The number of benzene rings is 1. The van der Waals surface area contributed by atoms with Gasteiger partial charge in [-0.2, -0.15) is 0 Å². The number of carbonyl (C=O) groups is 2. The molecule has 1 aliphatic heterocycles. The van der Waals surface area contributed by atoms with Crippen molar-refractivity contribution in [2.24, 2.45) is 0 Å². The molecule has 1 N–H and O–H groups in total. The fourth-order valence-corrected chi connectivity index (χ4v) is 3.58. The van der Waals surface area contributed by atoms with E-state index in [-0.39, 0.29) is 29.3 Å². The van der Waals surface area contributed by atoms with Gasteiger partial charge in [-0.25, -0.2) is 13.2 Å². The molecule has 1 fully saturated rings. The van der Waals surface area contributed by atoms with E-state index in [1.165, 1.54) is 24.0 Å². The van der Waals surface area contributed by atoms with E-state index < -0.39 is 33.9 Å². The van der Waals surface area contributed by atoms with Gasteiger partial charge in [-0.15, -0.1) is 0 Å². The Morgan fingerprint density at radius 2 is 1.96 bits per heavy atom. The van der Waals surface area contributed by atoms with E-state index in [2.05, 4.69) is 0 Å². The molecule has 23 heavy (non-hydrogen) atoms. The summed E-state index contributed by atoms with van der Waals surface area (Å²) < 4.78 is 29.6. The van der Waals surface area contributed by atoms with Crippen molar-refractivity contribution in [3.05, 3.63) is 29.8 Å². The Balaban J connectivity index is 2.36. The topological polar surface area (TPSA) is 101 Å². The Morgan fingerprint density at radius 3 is 2.57 bits per heavy atom. The molecule has 0 aromatic heterocycles. The number of hydrogen-bond donors (Lipinski definition) is 1. The lowest BCUT2D eigenvalue weighted by Gasteiger charge is -2.35. The van der Waals surface area contributed by atoms with E-state index in [0.29, 0.717) is 0 Å². The van der Waals surface area contributed by atoms with E-state index in [1.54, 1.807) is 19.1 Å². The van der Waals surface area contributed by atoms with E-state index in [9.17, 15) is 18.0 Å². The molecule has 0 bridgehead atoms. The second-order valence-corrected chi connectivity index (χ2v) is 7.63. The number of hydrogen-bond acceptors (Lipinski definition) is 5. The van der Waals surface area contributed by atoms with Crippen molar-refractivity contribution < 1.29 is 27.9 Å². The monoisotopic (exact) mass is 341 g/mol. The molecule has 0 spiro atoms. The van der Waals surface area contributed by atoms with Crippen molar-refractivity contribution in [2.75, 3.05) is 18.8 Å². The fourth-order valence-electron chi connectivity index (χ4n) is 2.49. The van der Waals surface area contributed by atoms with Crippen molar-refractivity contribution in [3.63, 3.8) is 0 Å². The van der Waals surface area contributed by atoms with Crippen LogP contribution in [0, 0.1) is 0 Å². The molecular weight excluding hydrogens is 322 g/mol. The van der Waals surface area contributed by atoms with Crippen LogP contribution in [-0.2, 0) is 19.4 Å². The van der Waals surface area contributed by atoms with Gasteiger partial charge in [0, 0.05) is 6.54 Å². The number of carbonyl (C=O) groups excluding carboxylic acids is 1. The summed E-state index contributed by atoms with van der Waals surface area (Å²) in [5.41, 5.74) is 0.0626. The molecule has 1 saturated heterocycles. The molecule has 0 saturated carbocycles. The summed E-state index contributed by atoms with van der Waals surface area (Å²) in [5.74, 6) is -1.77. The highest BCUT2D eigenvalue weighted by Gasteiger charge is 2.34. The van der Waals surface area contributed by atoms with E-state index in [4.69, 9.17) is 9.84 Å². The zero-order valence-electron chi connectivity index (χ0n) is 12.9. The summed E-state index contributed by atoms with van der Waals surface area (Å²) in [6.07, 6.45) is -1.55. The second kappa shape index (κ2) is 6.67. The molecular formula is C15H19NO6S. The highest BCUT2D eigenvalue weighted by Crippen LogP contribution is 2.21. The SMILES string of the molecule is CCS(=O)(=O)c1ccccc1C(=O)N1CC(C(=O)O)O[C@H](C)C1. The fraction of sp³-hybridized carbons (Fsp3) is 0.467. The maximum atomic E-state index is 12.7. The van der Waals surface area contributed by atoms with Crippen molar-refractivity contribution in [3.8, 4) is 0 Å². The number of sulfone groups is 1. The number of aliphatic carboxylic acids is 1. The number of rotatable bonds is 4. The van der Waals surface area contributed by atoms with Gasteiger partial charge in [-0.05, 0) is 19.1 Å². The van der Waals surface area contributed by atoms with Crippen molar-refractivity contribution in [2.45, 2.75) is 31.0 Å². The summed E-state index contributed by atoms with van der Waals surface area (Å²) in [4.78, 5) is 25.1. The molecule has 126 valence electrons. The van der Waals surface area contributed by atoms with Crippen LogP contribution in [0.1, 0.15) is 24.2 Å². The molecule has 0 aliphatic carbocycles. The molecule has 1 aliphatic rings. The Hall–Kier alpha value is -1.93. The van der Waals surface area contributed by atoms with Crippen LogP contribution in [0.3, 0.4) is 0 Å². The third kappa shape index (κ3) is 3.70. The highest BCUT2D eigenvalue weighted by atomic mass is 32.2. The Labute approximate surface area is 134 Å². The van der Waals surface area contributed by atoms with E-state index >= 15 is 0 Å². The van der Waals surface area contributed by atoms with Crippen LogP contribution in [0.2, 0.25) is 0 Å². The predicted octanol–water partition coefficient (Wildman–Crippen LogP) is 0.794. The van der Waals surface area contributed by atoms with Gasteiger partial charge in [-0.3, -0.25) is 4.79 Å². The molecule has 1 heterocycles. The van der Waals surface area contributed by atoms with Crippen molar-refractivity contribution in [1.29, 1.82) is 0 Å². The molecule has 1 aromatic carbocycles. The van der Waals surface area contributed by atoms with Crippen molar-refractivity contribution in [1.82, 2.24) is 4.90 Å². The normalized spacial score (nSPS) is 21.9. The quantitative estimate of drug-likeness (QED) is 0.869. The maximum Gasteiger partial charge on any atom is 0.334 e. The van der Waals surface area contributed by atoms with Gasteiger partial charge in [0.2, 0.25) is 0 Å². The van der Waals surface area contributed by atoms with Crippen LogP contribution in [0.5, 0.6) is 0 Å². The number of ether oxygens (including phenoxy) is 1. The highest BCUT2D eigenvalue weighted by molar-refractivity contribution is 7.91. The van der Waals surface area contributed by atoms with Gasteiger partial charge in [0.1, 0.15) is 0 Å². The largest absolute Gasteiger partial charge is 0.479 e. The van der Waals surface area contributed by atoms with Gasteiger partial charge < -0.3 is 14.7 Å². The van der Waals surface area contributed by atoms with Gasteiger partial charge in [0.25, 0.3) is 5.91 Å². The number of nitrogens with zero attached hydrogens (tertiary/aromatic N) is 1. The maximum absolute atomic E-state index is 12.7. The molecule has 8 heteroatoms. The Morgan fingerprint density at radius 1 is 1.30 bits per heavy atom. The summed E-state index contributed by atoms with van der Waals surface area (Å²) in [5, 5.41) is 9.09. The van der Waals surface area contributed by atoms with Crippen LogP contribution in [-0.4, -0.2) is 61.4 Å². The number of amides is 1. The average Bonchev–Trinajstić information content (AvgIpc) is 2.53. The van der Waals surface area contributed by atoms with Crippen LogP contribution in [0.15, 0.2) is 29.2 Å². The van der Waals surface area contributed by atoms with Gasteiger partial charge in [0.05, 0.1) is 28.9 Å². The summed E-state index contributed by atoms with van der Waals surface area (Å²) in [7, 11) is -3.55. The van der Waals surface area contributed by atoms with Gasteiger partial charge >= 0.3 is 5.97 Å². The van der Waals surface area contributed by atoms with Gasteiger partial charge in [-0.1, -0.05) is 19.1 Å². The smallest absolute Gasteiger partial charge is 0.334 e. The van der Waals surface area contributed by atoms with Crippen molar-refractivity contribution >= 4 is 21.7 Å². The summed E-state index contributed by atoms with van der Waals surface area (Å²) >= 11 is 0. The average molecular weight is 341 g/mol. The molecule has 1 amide bonds. The number of carboxylic acid groups (broad SMARTS) is 1. The minimum Gasteiger partial charge on any atom is -0.479 e. The van der Waals surface area contributed by atoms with Crippen LogP contribution < -0.4 is 0 Å². The van der Waals surface area contributed by atoms with Gasteiger partial charge in [0.15, 0.2) is 15.9 Å². The lowest BCUT2D eigenvalue weighted by Crippen LogP contribution is -2.52. The Bertz CT molecular complexity index is 714. The minimum absolute atomic E-state index is 0.0291. The minimum atomic E-state index is -3.55. The first-order valence-corrected chi connectivity index (χ1v) is 8.90. The Kier molecular flexibility index (Phi) is 5.06. The van der Waals surface area contributed by atoms with Crippen LogP contribution in [0.25, 0.3) is 0 Å².